The van der Waals surface area contributed by atoms with Gasteiger partial charge in [-0.3, -0.25) is 4.79 Å². The maximum atomic E-state index is 12.1. The largest absolute Gasteiger partial charge is 0.295 e. The average Bonchev–Trinajstić information content (AvgIpc) is 2.69. The first-order chi connectivity index (χ1) is 13.1. The monoisotopic (exact) mass is 374 g/mol. The van der Waals surface area contributed by atoms with Crippen molar-refractivity contribution in [1.82, 2.24) is 9.97 Å². The van der Waals surface area contributed by atoms with Gasteiger partial charge in [-0.1, -0.05) is 79.2 Å². The molecule has 0 atom stereocenters. The molecule has 0 N–H and O–H groups in total. The highest BCUT2D eigenvalue weighted by molar-refractivity contribution is 5.90. The Balaban J connectivity index is 0.00000326. The SMILES string of the molecule is CC.CCCCC(CCCC)/C(=C\C(=O)CC)Cc1nccc(CCC)n1. The molecule has 27 heavy (non-hydrogen) atoms. The zero-order valence-corrected chi connectivity index (χ0v) is 18.7. The van der Waals surface area contributed by atoms with E-state index in [2.05, 4.69) is 25.8 Å². The Bertz CT molecular complexity index is 529. The Morgan fingerprint density at radius 2 is 1.67 bits per heavy atom. The minimum atomic E-state index is 0.220. The topological polar surface area (TPSA) is 42.9 Å². The molecule has 0 aliphatic heterocycles. The molecule has 1 aromatic rings. The van der Waals surface area contributed by atoms with E-state index in [4.69, 9.17) is 4.98 Å². The summed E-state index contributed by atoms with van der Waals surface area (Å²) in [6.45, 7) is 12.6. The van der Waals surface area contributed by atoms with Crippen LogP contribution in [-0.4, -0.2) is 15.8 Å². The van der Waals surface area contributed by atoms with Crippen molar-refractivity contribution < 1.29 is 4.79 Å². The van der Waals surface area contributed by atoms with Crippen LogP contribution >= 0.6 is 0 Å². The lowest BCUT2D eigenvalue weighted by atomic mass is 9.86. The number of carbonyl (C=O) groups excluding carboxylic acids is 1. The molecule has 0 saturated heterocycles. The molecule has 154 valence electrons. The molecule has 0 aromatic carbocycles. The minimum Gasteiger partial charge on any atom is -0.295 e. The van der Waals surface area contributed by atoms with Crippen LogP contribution in [0.2, 0.25) is 0 Å². The van der Waals surface area contributed by atoms with Crippen molar-refractivity contribution in [2.75, 3.05) is 0 Å². The summed E-state index contributed by atoms with van der Waals surface area (Å²) in [5, 5.41) is 0. The summed E-state index contributed by atoms with van der Waals surface area (Å²) in [5.41, 5.74) is 2.34. The number of nitrogens with zero attached hydrogens (tertiary/aromatic N) is 2. The summed E-state index contributed by atoms with van der Waals surface area (Å²) in [7, 11) is 0. The summed E-state index contributed by atoms with van der Waals surface area (Å²) < 4.78 is 0. The lowest BCUT2D eigenvalue weighted by Gasteiger charge is -2.20. The first kappa shape index (κ1) is 25.5. The van der Waals surface area contributed by atoms with Crippen LogP contribution in [0.3, 0.4) is 0 Å². The van der Waals surface area contributed by atoms with Gasteiger partial charge >= 0.3 is 0 Å². The maximum absolute atomic E-state index is 12.1. The second kappa shape index (κ2) is 16.6. The molecule has 1 heterocycles. The fourth-order valence-corrected chi connectivity index (χ4v) is 3.14. The number of aromatic nitrogens is 2. The van der Waals surface area contributed by atoms with E-state index in [-0.39, 0.29) is 5.78 Å². The molecule has 0 fully saturated rings. The van der Waals surface area contributed by atoms with Crippen LogP contribution in [0, 0.1) is 5.92 Å². The zero-order chi connectivity index (χ0) is 20.5. The van der Waals surface area contributed by atoms with Crippen LogP contribution in [0.1, 0.15) is 104 Å². The summed E-state index contributed by atoms with van der Waals surface area (Å²) >= 11 is 0. The predicted molar refractivity (Wildman–Crippen MR) is 117 cm³/mol. The Labute approximate surface area is 168 Å². The van der Waals surface area contributed by atoms with Crippen LogP contribution in [0.15, 0.2) is 23.9 Å². The van der Waals surface area contributed by atoms with E-state index >= 15 is 0 Å². The van der Waals surface area contributed by atoms with Crippen LogP contribution in [0.4, 0.5) is 0 Å². The molecular formula is C24H42N2O. The molecule has 0 radical (unpaired) electrons. The van der Waals surface area contributed by atoms with Crippen molar-refractivity contribution >= 4 is 5.78 Å². The molecule has 0 amide bonds. The third kappa shape index (κ3) is 11.0. The quantitative estimate of drug-likeness (QED) is 0.353. The molecule has 0 unspecified atom stereocenters. The average molecular weight is 375 g/mol. The third-order valence-electron chi connectivity index (χ3n) is 4.66. The summed E-state index contributed by atoms with van der Waals surface area (Å²) in [6.07, 6.45) is 14.2. The van der Waals surface area contributed by atoms with Gasteiger partial charge in [-0.05, 0) is 37.3 Å². The van der Waals surface area contributed by atoms with Crippen molar-refractivity contribution in [1.29, 1.82) is 0 Å². The van der Waals surface area contributed by atoms with Crippen LogP contribution in [0.25, 0.3) is 0 Å². The van der Waals surface area contributed by atoms with Crippen molar-refractivity contribution in [2.24, 2.45) is 5.92 Å². The molecule has 1 rings (SSSR count). The Kier molecular flexibility index (Phi) is 15.7. The predicted octanol–water partition coefficient (Wildman–Crippen LogP) is 6.90. The van der Waals surface area contributed by atoms with Crippen molar-refractivity contribution in [3.63, 3.8) is 0 Å². The van der Waals surface area contributed by atoms with Gasteiger partial charge in [-0.25, -0.2) is 9.97 Å². The number of allylic oxidation sites excluding steroid dienone is 2. The van der Waals surface area contributed by atoms with E-state index in [1.54, 1.807) is 0 Å². The third-order valence-corrected chi connectivity index (χ3v) is 4.66. The van der Waals surface area contributed by atoms with Crippen LogP contribution in [-0.2, 0) is 17.6 Å². The minimum absolute atomic E-state index is 0.220. The normalized spacial score (nSPS) is 11.3. The Hall–Kier alpha value is -1.51. The smallest absolute Gasteiger partial charge is 0.155 e. The van der Waals surface area contributed by atoms with E-state index < -0.39 is 0 Å². The van der Waals surface area contributed by atoms with Gasteiger partial charge in [-0.2, -0.15) is 0 Å². The van der Waals surface area contributed by atoms with E-state index in [1.165, 1.54) is 31.3 Å². The van der Waals surface area contributed by atoms with E-state index in [9.17, 15) is 4.79 Å². The van der Waals surface area contributed by atoms with Crippen molar-refractivity contribution in [3.8, 4) is 0 Å². The molecule has 1 aromatic heterocycles. The number of aryl methyl sites for hydroxylation is 1. The van der Waals surface area contributed by atoms with Crippen molar-refractivity contribution in [2.45, 2.75) is 106 Å². The molecule has 3 nitrogen and oxygen atoms in total. The van der Waals surface area contributed by atoms with Gasteiger partial charge in [0.15, 0.2) is 5.78 Å². The van der Waals surface area contributed by atoms with Gasteiger partial charge in [0.05, 0.1) is 0 Å². The highest BCUT2D eigenvalue weighted by atomic mass is 16.1. The second-order valence-electron chi connectivity index (χ2n) is 6.91. The fourth-order valence-electron chi connectivity index (χ4n) is 3.14. The van der Waals surface area contributed by atoms with Crippen LogP contribution in [0.5, 0.6) is 0 Å². The van der Waals surface area contributed by atoms with E-state index in [0.717, 1.165) is 37.2 Å². The Morgan fingerprint density at radius 3 is 2.19 bits per heavy atom. The van der Waals surface area contributed by atoms with Gasteiger partial charge in [0.2, 0.25) is 0 Å². The molecule has 0 aliphatic rings. The first-order valence-electron chi connectivity index (χ1n) is 11.2. The van der Waals surface area contributed by atoms with E-state index in [1.807, 2.05) is 39.1 Å². The fraction of sp³-hybridized carbons (Fsp3) is 0.708. The molecule has 0 saturated carbocycles. The maximum Gasteiger partial charge on any atom is 0.155 e. The van der Waals surface area contributed by atoms with Gasteiger partial charge in [0.1, 0.15) is 5.82 Å². The lowest BCUT2D eigenvalue weighted by Crippen LogP contribution is -2.12. The standard InChI is InChI=1S/C22H36N2O.C2H6/c1-5-9-12-18(13-10-6-2)19(16-21(25)8-4)17-22-23-15-14-20(24-22)11-7-3;1-2/h14-16,18H,5-13,17H2,1-4H3;1-2H3/b19-16-;. The number of rotatable bonds is 13. The van der Waals surface area contributed by atoms with Gasteiger partial charge in [0, 0.05) is 24.7 Å². The zero-order valence-electron chi connectivity index (χ0n) is 18.7. The number of carbonyl (C=O) groups is 1. The van der Waals surface area contributed by atoms with Gasteiger partial charge < -0.3 is 0 Å². The lowest BCUT2D eigenvalue weighted by molar-refractivity contribution is -0.114. The number of unbranched alkanes of at least 4 members (excludes halogenated alkanes) is 2. The van der Waals surface area contributed by atoms with Crippen LogP contribution < -0.4 is 0 Å². The summed E-state index contributed by atoms with van der Waals surface area (Å²) in [5.74, 6) is 1.56. The van der Waals surface area contributed by atoms with Crippen molar-refractivity contribution in [3.05, 3.63) is 35.4 Å². The van der Waals surface area contributed by atoms with E-state index in [0.29, 0.717) is 18.8 Å². The number of hydrogen-bond acceptors (Lipinski definition) is 3. The molecular weight excluding hydrogens is 332 g/mol. The molecule has 0 aliphatic carbocycles. The summed E-state index contributed by atoms with van der Waals surface area (Å²) in [6, 6.07) is 2.00. The van der Waals surface area contributed by atoms with Gasteiger partial charge in [-0.15, -0.1) is 0 Å². The highest BCUT2D eigenvalue weighted by Gasteiger charge is 2.17. The molecule has 3 heteroatoms. The number of hydrogen-bond donors (Lipinski definition) is 0. The molecule has 0 spiro atoms. The first-order valence-corrected chi connectivity index (χ1v) is 11.2. The number of ketones is 1. The highest BCUT2D eigenvalue weighted by Crippen LogP contribution is 2.27. The summed E-state index contributed by atoms with van der Waals surface area (Å²) in [4.78, 5) is 21.3. The molecule has 0 bridgehead atoms. The van der Waals surface area contributed by atoms with Gasteiger partial charge in [0.25, 0.3) is 0 Å². The Morgan fingerprint density at radius 1 is 1.04 bits per heavy atom. The second-order valence-corrected chi connectivity index (χ2v) is 6.91.